The summed E-state index contributed by atoms with van der Waals surface area (Å²) in [6.07, 6.45) is 7.97. The highest BCUT2D eigenvalue weighted by molar-refractivity contribution is 5.95. The fourth-order valence-corrected chi connectivity index (χ4v) is 1.03. The maximum absolute atomic E-state index is 11.3. The second-order valence-corrected chi connectivity index (χ2v) is 2.84. The first kappa shape index (κ1) is 11.9. The molecule has 1 rings (SSSR count). The van der Waals surface area contributed by atoms with Crippen LogP contribution >= 0.6 is 0 Å². The van der Waals surface area contributed by atoms with Gasteiger partial charge in [-0.25, -0.2) is 0 Å². The summed E-state index contributed by atoms with van der Waals surface area (Å²) < 4.78 is 0. The Morgan fingerprint density at radius 3 is 2.31 bits per heavy atom. The van der Waals surface area contributed by atoms with Gasteiger partial charge in [-0.3, -0.25) is 4.79 Å². The van der Waals surface area contributed by atoms with Crippen molar-refractivity contribution < 1.29 is 4.79 Å². The van der Waals surface area contributed by atoms with Crippen LogP contribution in [0, 0.1) is 0 Å². The van der Waals surface area contributed by atoms with Crippen LogP contribution in [0.3, 0.4) is 0 Å². The Balaban J connectivity index is 0.000000671. The molecule has 0 atom stereocenters. The molecule has 0 unspecified atom stereocenters. The lowest BCUT2D eigenvalue weighted by Gasteiger charge is -2.12. The largest absolute Gasteiger partial charge is 0.345 e. The van der Waals surface area contributed by atoms with Crippen molar-refractivity contribution in [3.63, 3.8) is 0 Å². The van der Waals surface area contributed by atoms with Gasteiger partial charge in [0.15, 0.2) is 0 Å². The Labute approximate surface area is 80.9 Å². The molecule has 0 saturated heterocycles. The molecule has 0 bridgehead atoms. The number of carbonyl (C=O) groups excluding carboxylic acids is 1. The lowest BCUT2D eigenvalue weighted by molar-refractivity contribution is -0.124. The standard InChI is InChI=1S/C9H13NO.C2H6/c1-10(2)9(11)8-6-4-3-5-7-8;1-2/h4,6-7H,3,5H2,1-2H3;1-2H3. The first-order chi connectivity index (χ1) is 6.22. The van der Waals surface area contributed by atoms with E-state index in [1.807, 2.05) is 32.1 Å². The highest BCUT2D eigenvalue weighted by atomic mass is 16.2. The zero-order valence-corrected chi connectivity index (χ0v) is 9.00. The SMILES string of the molecule is CC.CN(C)C(=O)C1=CCCC=C1. The van der Waals surface area contributed by atoms with E-state index in [-0.39, 0.29) is 5.91 Å². The van der Waals surface area contributed by atoms with Gasteiger partial charge in [0.2, 0.25) is 0 Å². The summed E-state index contributed by atoms with van der Waals surface area (Å²) in [7, 11) is 3.54. The zero-order chi connectivity index (χ0) is 10.3. The molecule has 74 valence electrons. The maximum Gasteiger partial charge on any atom is 0.252 e. The quantitative estimate of drug-likeness (QED) is 0.608. The van der Waals surface area contributed by atoms with Gasteiger partial charge >= 0.3 is 0 Å². The summed E-state index contributed by atoms with van der Waals surface area (Å²) in [6, 6.07) is 0. The molecule has 2 heteroatoms. The summed E-state index contributed by atoms with van der Waals surface area (Å²) in [4.78, 5) is 12.9. The van der Waals surface area contributed by atoms with Crippen molar-refractivity contribution in [1.29, 1.82) is 0 Å². The Hall–Kier alpha value is -1.05. The predicted octanol–water partition coefficient (Wildman–Crippen LogP) is 2.38. The summed E-state index contributed by atoms with van der Waals surface area (Å²) in [5, 5.41) is 0. The van der Waals surface area contributed by atoms with Crippen LogP contribution in [0.1, 0.15) is 26.7 Å². The number of hydrogen-bond donors (Lipinski definition) is 0. The van der Waals surface area contributed by atoms with E-state index in [0.717, 1.165) is 18.4 Å². The van der Waals surface area contributed by atoms with Gasteiger partial charge in [-0.05, 0) is 12.8 Å². The van der Waals surface area contributed by atoms with Crippen LogP contribution < -0.4 is 0 Å². The van der Waals surface area contributed by atoms with E-state index in [1.165, 1.54) is 0 Å². The fraction of sp³-hybridized carbons (Fsp3) is 0.545. The average Bonchev–Trinajstić information content (AvgIpc) is 2.21. The Bertz CT molecular complexity index is 214. The van der Waals surface area contributed by atoms with Crippen molar-refractivity contribution >= 4 is 5.91 Å². The minimum atomic E-state index is 0.0981. The lowest BCUT2D eigenvalue weighted by Crippen LogP contribution is -2.23. The van der Waals surface area contributed by atoms with Crippen LogP contribution in [0.4, 0.5) is 0 Å². The minimum absolute atomic E-state index is 0.0981. The van der Waals surface area contributed by atoms with Gasteiger partial charge < -0.3 is 4.90 Å². The Morgan fingerprint density at radius 1 is 1.31 bits per heavy atom. The summed E-state index contributed by atoms with van der Waals surface area (Å²) in [5.41, 5.74) is 0.821. The number of hydrogen-bond acceptors (Lipinski definition) is 1. The highest BCUT2D eigenvalue weighted by Gasteiger charge is 2.08. The Morgan fingerprint density at radius 2 is 1.92 bits per heavy atom. The topological polar surface area (TPSA) is 20.3 Å². The maximum atomic E-state index is 11.3. The molecule has 2 nitrogen and oxygen atoms in total. The summed E-state index contributed by atoms with van der Waals surface area (Å²) >= 11 is 0. The van der Waals surface area contributed by atoms with Gasteiger partial charge in [-0.1, -0.05) is 32.1 Å². The molecule has 0 aromatic heterocycles. The first-order valence-electron chi connectivity index (χ1n) is 4.80. The van der Waals surface area contributed by atoms with Gasteiger partial charge in [-0.15, -0.1) is 0 Å². The van der Waals surface area contributed by atoms with Crippen molar-refractivity contribution in [3.8, 4) is 0 Å². The molecule has 13 heavy (non-hydrogen) atoms. The van der Waals surface area contributed by atoms with E-state index in [4.69, 9.17) is 0 Å². The van der Waals surface area contributed by atoms with E-state index in [1.54, 1.807) is 19.0 Å². The van der Waals surface area contributed by atoms with Gasteiger partial charge in [0.25, 0.3) is 5.91 Å². The average molecular weight is 181 g/mol. The molecule has 0 heterocycles. The van der Waals surface area contributed by atoms with Crippen molar-refractivity contribution in [3.05, 3.63) is 23.8 Å². The van der Waals surface area contributed by atoms with E-state index < -0.39 is 0 Å². The molecule has 0 aliphatic heterocycles. The monoisotopic (exact) mass is 181 g/mol. The summed E-state index contributed by atoms with van der Waals surface area (Å²) in [6.45, 7) is 4.00. The van der Waals surface area contributed by atoms with E-state index in [2.05, 4.69) is 0 Å². The van der Waals surface area contributed by atoms with E-state index in [9.17, 15) is 4.79 Å². The van der Waals surface area contributed by atoms with Crippen molar-refractivity contribution in [2.24, 2.45) is 0 Å². The van der Waals surface area contributed by atoms with Gasteiger partial charge in [0.05, 0.1) is 0 Å². The smallest absolute Gasteiger partial charge is 0.252 e. The van der Waals surface area contributed by atoms with Gasteiger partial charge in [0, 0.05) is 19.7 Å². The Kier molecular flexibility index (Phi) is 5.94. The fourth-order valence-electron chi connectivity index (χ4n) is 1.03. The number of rotatable bonds is 1. The zero-order valence-electron chi connectivity index (χ0n) is 9.00. The summed E-state index contributed by atoms with van der Waals surface area (Å²) in [5.74, 6) is 0.0981. The van der Waals surface area contributed by atoms with Crippen molar-refractivity contribution in [2.45, 2.75) is 26.7 Å². The first-order valence-corrected chi connectivity index (χ1v) is 4.80. The molecular formula is C11H19NO. The second kappa shape index (κ2) is 6.46. The van der Waals surface area contributed by atoms with Crippen molar-refractivity contribution in [2.75, 3.05) is 14.1 Å². The molecule has 0 aromatic rings. The van der Waals surface area contributed by atoms with Crippen LogP contribution in [-0.4, -0.2) is 24.9 Å². The van der Waals surface area contributed by atoms with Crippen LogP contribution in [0.25, 0.3) is 0 Å². The molecule has 0 saturated carbocycles. The second-order valence-electron chi connectivity index (χ2n) is 2.84. The number of likely N-dealkylation sites (N-methyl/N-ethyl adjacent to an activating group) is 1. The molecule has 0 aromatic carbocycles. The molecule has 0 N–H and O–H groups in total. The number of nitrogens with zero attached hydrogens (tertiary/aromatic N) is 1. The third-order valence-electron chi connectivity index (χ3n) is 1.65. The highest BCUT2D eigenvalue weighted by Crippen LogP contribution is 2.10. The molecular weight excluding hydrogens is 162 g/mol. The molecule has 1 aliphatic rings. The molecule has 1 aliphatic carbocycles. The van der Waals surface area contributed by atoms with Crippen LogP contribution in [0.2, 0.25) is 0 Å². The molecule has 0 radical (unpaired) electrons. The van der Waals surface area contributed by atoms with Crippen LogP contribution in [0.5, 0.6) is 0 Å². The van der Waals surface area contributed by atoms with Crippen LogP contribution in [-0.2, 0) is 4.79 Å². The number of allylic oxidation sites excluding steroid dienone is 2. The molecule has 0 spiro atoms. The van der Waals surface area contributed by atoms with E-state index in [0.29, 0.717) is 0 Å². The third-order valence-corrected chi connectivity index (χ3v) is 1.65. The van der Waals surface area contributed by atoms with Gasteiger partial charge in [-0.2, -0.15) is 0 Å². The number of carbonyl (C=O) groups is 1. The number of amides is 1. The van der Waals surface area contributed by atoms with E-state index >= 15 is 0 Å². The lowest BCUT2D eigenvalue weighted by atomic mass is 10.1. The normalized spacial score (nSPS) is 14.0. The minimum Gasteiger partial charge on any atom is -0.345 e. The predicted molar refractivity (Wildman–Crippen MR) is 56.5 cm³/mol. The molecule has 1 amide bonds. The molecule has 0 fully saturated rings. The third kappa shape index (κ3) is 3.92. The van der Waals surface area contributed by atoms with Crippen molar-refractivity contribution in [1.82, 2.24) is 4.90 Å². The van der Waals surface area contributed by atoms with Gasteiger partial charge in [0.1, 0.15) is 0 Å². The van der Waals surface area contributed by atoms with Crippen LogP contribution in [0.15, 0.2) is 23.8 Å².